The average molecular weight is 353 g/mol. The van der Waals surface area contributed by atoms with Crippen LogP contribution in [0.1, 0.15) is 61.9 Å². The molecule has 1 aliphatic rings. The Hall–Kier alpha value is -1.40. The van der Waals surface area contributed by atoms with E-state index < -0.39 is 10.0 Å². The standard InChI is InChI=1S/C18H28N2O3S/c1-4-20(5-2)24(22,23)16-12-11-14(3)17(13-16)18(21)19-15-9-7-6-8-10-15/h11-13,15H,4-10H2,1-3H3,(H,19,21). The third-order valence-corrected chi connectivity index (χ3v) is 6.78. The maximum Gasteiger partial charge on any atom is 0.251 e. The van der Waals surface area contributed by atoms with Gasteiger partial charge in [0.25, 0.3) is 5.91 Å². The Morgan fingerprint density at radius 3 is 2.38 bits per heavy atom. The minimum atomic E-state index is -3.55. The SMILES string of the molecule is CCN(CC)S(=O)(=O)c1ccc(C)c(C(=O)NC2CCCCC2)c1. The number of rotatable bonds is 6. The van der Waals surface area contributed by atoms with Crippen molar-refractivity contribution in [3.63, 3.8) is 0 Å². The molecular weight excluding hydrogens is 324 g/mol. The van der Waals surface area contributed by atoms with Crippen LogP contribution in [0.4, 0.5) is 0 Å². The molecule has 1 aromatic carbocycles. The number of nitrogens with zero attached hydrogens (tertiary/aromatic N) is 1. The quantitative estimate of drug-likeness (QED) is 0.855. The molecule has 0 aromatic heterocycles. The minimum Gasteiger partial charge on any atom is -0.349 e. The fourth-order valence-corrected chi connectivity index (χ4v) is 4.71. The highest BCUT2D eigenvalue weighted by Crippen LogP contribution is 2.21. The number of carbonyl (C=O) groups is 1. The first-order valence-electron chi connectivity index (χ1n) is 8.81. The summed E-state index contributed by atoms with van der Waals surface area (Å²) in [5.41, 5.74) is 1.25. The molecule has 0 bridgehead atoms. The van der Waals surface area contributed by atoms with Crippen LogP contribution in [0, 0.1) is 6.92 Å². The first-order valence-corrected chi connectivity index (χ1v) is 10.3. The topological polar surface area (TPSA) is 66.5 Å². The van der Waals surface area contributed by atoms with Crippen LogP contribution < -0.4 is 5.32 Å². The lowest BCUT2D eigenvalue weighted by Crippen LogP contribution is -2.36. The van der Waals surface area contributed by atoms with Gasteiger partial charge in [0.05, 0.1) is 4.90 Å². The van der Waals surface area contributed by atoms with Gasteiger partial charge in [-0.05, 0) is 37.5 Å². The van der Waals surface area contributed by atoms with E-state index in [2.05, 4.69) is 5.32 Å². The first kappa shape index (κ1) is 18.9. The lowest BCUT2D eigenvalue weighted by molar-refractivity contribution is 0.0927. The van der Waals surface area contributed by atoms with Crippen LogP contribution in [-0.4, -0.2) is 37.8 Å². The summed E-state index contributed by atoms with van der Waals surface area (Å²) in [7, 11) is -3.55. The molecule has 24 heavy (non-hydrogen) atoms. The zero-order valence-corrected chi connectivity index (χ0v) is 15.7. The molecular formula is C18H28N2O3S. The van der Waals surface area contributed by atoms with Gasteiger partial charge >= 0.3 is 0 Å². The second-order valence-corrected chi connectivity index (χ2v) is 8.31. The summed E-state index contributed by atoms with van der Waals surface area (Å²) in [5, 5.41) is 3.06. The normalized spacial score (nSPS) is 16.3. The van der Waals surface area contributed by atoms with E-state index in [0.717, 1.165) is 31.2 Å². The number of benzene rings is 1. The van der Waals surface area contributed by atoms with Gasteiger partial charge in [0.1, 0.15) is 0 Å². The van der Waals surface area contributed by atoms with Crippen molar-refractivity contribution >= 4 is 15.9 Å². The Labute approximate surface area is 145 Å². The molecule has 5 nitrogen and oxygen atoms in total. The van der Waals surface area contributed by atoms with E-state index in [0.29, 0.717) is 18.7 Å². The molecule has 1 saturated carbocycles. The molecule has 1 aliphatic carbocycles. The third-order valence-electron chi connectivity index (χ3n) is 4.74. The van der Waals surface area contributed by atoms with Gasteiger partial charge in [0.2, 0.25) is 10.0 Å². The highest BCUT2D eigenvalue weighted by Gasteiger charge is 2.24. The van der Waals surface area contributed by atoms with Crippen LogP contribution in [0.5, 0.6) is 0 Å². The zero-order chi connectivity index (χ0) is 17.7. The zero-order valence-electron chi connectivity index (χ0n) is 14.8. The van der Waals surface area contributed by atoms with Gasteiger partial charge < -0.3 is 5.32 Å². The van der Waals surface area contributed by atoms with Crippen molar-refractivity contribution in [2.75, 3.05) is 13.1 Å². The maximum atomic E-state index is 12.7. The maximum absolute atomic E-state index is 12.7. The molecule has 1 N–H and O–H groups in total. The van der Waals surface area contributed by atoms with Crippen LogP contribution in [-0.2, 0) is 10.0 Å². The molecule has 1 fully saturated rings. The predicted octanol–water partition coefficient (Wildman–Crippen LogP) is 3.09. The Bertz CT molecular complexity index is 676. The van der Waals surface area contributed by atoms with Crippen molar-refractivity contribution in [2.24, 2.45) is 0 Å². The predicted molar refractivity (Wildman–Crippen MR) is 95.6 cm³/mol. The van der Waals surface area contributed by atoms with Gasteiger partial charge in [0, 0.05) is 24.7 Å². The van der Waals surface area contributed by atoms with Crippen LogP contribution in [0.25, 0.3) is 0 Å². The summed E-state index contributed by atoms with van der Waals surface area (Å²) < 4.78 is 26.7. The molecule has 0 radical (unpaired) electrons. The van der Waals surface area contributed by atoms with E-state index >= 15 is 0 Å². The number of sulfonamides is 1. The van der Waals surface area contributed by atoms with Gasteiger partial charge in [-0.2, -0.15) is 4.31 Å². The number of hydrogen-bond donors (Lipinski definition) is 1. The Morgan fingerprint density at radius 1 is 1.17 bits per heavy atom. The van der Waals surface area contributed by atoms with E-state index in [-0.39, 0.29) is 16.8 Å². The highest BCUT2D eigenvalue weighted by molar-refractivity contribution is 7.89. The van der Waals surface area contributed by atoms with Gasteiger partial charge in [0.15, 0.2) is 0 Å². The molecule has 1 aromatic rings. The van der Waals surface area contributed by atoms with Gasteiger partial charge in [-0.15, -0.1) is 0 Å². The number of nitrogens with one attached hydrogen (secondary N) is 1. The number of hydrogen-bond acceptors (Lipinski definition) is 3. The number of carbonyl (C=O) groups excluding carboxylic acids is 1. The number of aryl methyl sites for hydroxylation is 1. The fourth-order valence-electron chi connectivity index (χ4n) is 3.23. The van der Waals surface area contributed by atoms with Crippen LogP contribution in [0.2, 0.25) is 0 Å². The molecule has 0 saturated heterocycles. The van der Waals surface area contributed by atoms with E-state index in [4.69, 9.17) is 0 Å². The van der Waals surface area contributed by atoms with Crippen molar-refractivity contribution in [1.82, 2.24) is 9.62 Å². The number of amides is 1. The summed E-state index contributed by atoms with van der Waals surface area (Å²) in [6.45, 7) is 6.29. The lowest BCUT2D eigenvalue weighted by Gasteiger charge is -2.23. The Morgan fingerprint density at radius 2 is 1.79 bits per heavy atom. The van der Waals surface area contributed by atoms with Crippen molar-refractivity contribution in [3.8, 4) is 0 Å². The summed E-state index contributed by atoms with van der Waals surface area (Å²) in [6, 6.07) is 5.02. The van der Waals surface area contributed by atoms with Crippen molar-refractivity contribution < 1.29 is 13.2 Å². The fraction of sp³-hybridized carbons (Fsp3) is 0.611. The molecule has 6 heteroatoms. The van der Waals surface area contributed by atoms with Crippen LogP contribution in [0.15, 0.2) is 23.1 Å². The van der Waals surface area contributed by atoms with Crippen molar-refractivity contribution in [2.45, 2.75) is 63.8 Å². The van der Waals surface area contributed by atoms with Crippen molar-refractivity contribution in [1.29, 1.82) is 0 Å². The smallest absolute Gasteiger partial charge is 0.251 e. The minimum absolute atomic E-state index is 0.170. The summed E-state index contributed by atoms with van der Waals surface area (Å²) >= 11 is 0. The largest absolute Gasteiger partial charge is 0.349 e. The molecule has 2 rings (SSSR count). The average Bonchev–Trinajstić information content (AvgIpc) is 2.56. The third kappa shape index (κ3) is 4.16. The van der Waals surface area contributed by atoms with Crippen LogP contribution in [0.3, 0.4) is 0 Å². The summed E-state index contributed by atoms with van der Waals surface area (Å²) in [6.07, 6.45) is 5.51. The first-order chi connectivity index (χ1) is 11.4. The van der Waals surface area contributed by atoms with E-state index in [1.165, 1.54) is 16.8 Å². The second kappa shape index (κ2) is 8.12. The monoisotopic (exact) mass is 352 g/mol. The lowest BCUT2D eigenvalue weighted by atomic mass is 9.95. The molecule has 0 heterocycles. The molecule has 0 unspecified atom stereocenters. The van der Waals surface area contributed by atoms with Gasteiger partial charge in [-0.3, -0.25) is 4.79 Å². The molecule has 134 valence electrons. The molecule has 1 amide bonds. The summed E-state index contributed by atoms with van der Waals surface area (Å²) in [4.78, 5) is 12.8. The van der Waals surface area contributed by atoms with Crippen molar-refractivity contribution in [3.05, 3.63) is 29.3 Å². The molecule has 0 spiro atoms. The Kier molecular flexibility index (Phi) is 6.40. The van der Waals surface area contributed by atoms with E-state index in [1.807, 2.05) is 20.8 Å². The van der Waals surface area contributed by atoms with E-state index in [1.54, 1.807) is 12.1 Å². The van der Waals surface area contributed by atoms with Gasteiger partial charge in [-0.25, -0.2) is 8.42 Å². The van der Waals surface area contributed by atoms with E-state index in [9.17, 15) is 13.2 Å². The highest BCUT2D eigenvalue weighted by atomic mass is 32.2. The Balaban J connectivity index is 2.26. The summed E-state index contributed by atoms with van der Waals surface area (Å²) in [5.74, 6) is -0.170. The molecule has 0 atom stereocenters. The second-order valence-electron chi connectivity index (χ2n) is 6.37. The molecule has 0 aliphatic heterocycles. The van der Waals surface area contributed by atoms with Crippen LogP contribution >= 0.6 is 0 Å². The van der Waals surface area contributed by atoms with Gasteiger partial charge in [-0.1, -0.05) is 39.2 Å².